The van der Waals surface area contributed by atoms with Crippen LogP contribution in [0.2, 0.25) is 0 Å². The molecule has 1 spiro atoms. The molecule has 2 saturated heterocycles. The van der Waals surface area contributed by atoms with E-state index in [4.69, 9.17) is 0 Å². The number of likely N-dealkylation sites (tertiary alicyclic amines) is 2. The molecule has 1 aromatic rings. The van der Waals surface area contributed by atoms with Gasteiger partial charge in [0.1, 0.15) is 0 Å². The number of hydrogen-bond acceptors (Lipinski definition) is 4. The summed E-state index contributed by atoms with van der Waals surface area (Å²) >= 11 is 0. The Morgan fingerprint density at radius 3 is 2.28 bits per heavy atom. The fourth-order valence-electron chi connectivity index (χ4n) is 3.98. The molecule has 0 unspecified atom stereocenters. The lowest BCUT2D eigenvalue weighted by Crippen LogP contribution is -2.50. The largest absolute Gasteiger partial charge is 0.434 e. The number of carbonyl (C=O) groups excluding carboxylic acids is 1. The van der Waals surface area contributed by atoms with Gasteiger partial charge in [0, 0.05) is 38.6 Å². The number of amides is 1. The van der Waals surface area contributed by atoms with Crippen molar-refractivity contribution in [1.82, 2.24) is 14.8 Å². The van der Waals surface area contributed by atoms with Crippen LogP contribution in [0.4, 0.5) is 31.1 Å². The molecular weight excluding hydrogens is 404 g/mol. The maximum absolute atomic E-state index is 12.6. The number of pyridine rings is 1. The van der Waals surface area contributed by atoms with Gasteiger partial charge in [0.2, 0.25) is 0 Å². The molecule has 1 aromatic heterocycles. The van der Waals surface area contributed by atoms with Gasteiger partial charge in [-0.25, -0.2) is 4.79 Å². The highest BCUT2D eigenvalue weighted by molar-refractivity contribution is 5.68. The Balaban J connectivity index is 1.53. The summed E-state index contributed by atoms with van der Waals surface area (Å²) in [6, 6.07) is 3.81. The molecule has 29 heavy (non-hydrogen) atoms. The van der Waals surface area contributed by atoms with Gasteiger partial charge in [0.15, 0.2) is 0 Å². The van der Waals surface area contributed by atoms with Crippen molar-refractivity contribution in [2.75, 3.05) is 26.2 Å². The smallest absolute Gasteiger partial charge is 0.426 e. The number of piperidine rings is 1. The maximum Gasteiger partial charge on any atom is 0.434 e. The highest BCUT2D eigenvalue weighted by Gasteiger charge is 2.60. The minimum Gasteiger partial charge on any atom is -0.426 e. The molecule has 0 saturated carbocycles. The number of hydrogen-bond donors (Lipinski definition) is 0. The van der Waals surface area contributed by atoms with E-state index in [-0.39, 0.29) is 18.5 Å². The Hall–Kier alpha value is -2.04. The predicted molar refractivity (Wildman–Crippen MR) is 89.8 cm³/mol. The molecule has 0 N–H and O–H groups in total. The number of halogens is 6. The third-order valence-electron chi connectivity index (χ3n) is 5.54. The Bertz CT molecular complexity index is 688. The van der Waals surface area contributed by atoms with Crippen molar-refractivity contribution < 1.29 is 35.9 Å². The molecule has 0 aromatic carbocycles. The van der Waals surface area contributed by atoms with Crippen LogP contribution < -0.4 is 0 Å². The van der Waals surface area contributed by atoms with Gasteiger partial charge in [0.25, 0.3) is 6.10 Å². The molecule has 0 aliphatic carbocycles. The summed E-state index contributed by atoms with van der Waals surface area (Å²) in [6.07, 6.45) is -11.8. The van der Waals surface area contributed by atoms with Crippen LogP contribution in [0.15, 0.2) is 24.5 Å². The number of rotatable bonds is 3. The lowest BCUT2D eigenvalue weighted by Gasteiger charge is -2.39. The van der Waals surface area contributed by atoms with Crippen LogP contribution in [0.25, 0.3) is 0 Å². The zero-order valence-corrected chi connectivity index (χ0v) is 15.5. The van der Waals surface area contributed by atoms with E-state index in [9.17, 15) is 31.1 Å². The fraction of sp³-hybridized carbons (Fsp3) is 0.667. The summed E-state index contributed by atoms with van der Waals surface area (Å²) < 4.78 is 79.3. The topological polar surface area (TPSA) is 45.7 Å². The SMILES string of the molecule is O=C(OC(C(F)(F)F)C(F)(F)F)N1CCC2(CCN(Cc3cccnc3)C2)CC1. The molecule has 162 valence electrons. The Kier molecular flexibility index (Phi) is 5.98. The monoisotopic (exact) mass is 425 g/mol. The number of ether oxygens (including phenoxy) is 1. The average Bonchev–Trinajstić information content (AvgIpc) is 3.01. The lowest BCUT2D eigenvalue weighted by molar-refractivity contribution is -0.308. The number of nitrogens with zero attached hydrogens (tertiary/aromatic N) is 3. The molecule has 11 heteroatoms. The van der Waals surface area contributed by atoms with Gasteiger partial charge in [-0.3, -0.25) is 9.88 Å². The van der Waals surface area contributed by atoms with Crippen LogP contribution in [-0.2, 0) is 11.3 Å². The van der Waals surface area contributed by atoms with E-state index in [2.05, 4.69) is 14.6 Å². The molecule has 0 radical (unpaired) electrons. The summed E-state index contributed by atoms with van der Waals surface area (Å²) in [5.74, 6) is 0. The van der Waals surface area contributed by atoms with Gasteiger partial charge in [-0.05, 0) is 42.9 Å². The molecule has 0 bridgehead atoms. The maximum atomic E-state index is 12.6. The second-order valence-electron chi connectivity index (χ2n) is 7.66. The van der Waals surface area contributed by atoms with Crippen LogP contribution in [0.5, 0.6) is 0 Å². The Morgan fingerprint density at radius 1 is 1.10 bits per heavy atom. The van der Waals surface area contributed by atoms with Gasteiger partial charge in [-0.2, -0.15) is 26.3 Å². The van der Waals surface area contributed by atoms with Crippen molar-refractivity contribution in [3.8, 4) is 0 Å². The van der Waals surface area contributed by atoms with Crippen molar-refractivity contribution in [3.63, 3.8) is 0 Å². The number of alkyl halides is 6. The third-order valence-corrected chi connectivity index (χ3v) is 5.54. The zero-order valence-electron chi connectivity index (χ0n) is 15.5. The van der Waals surface area contributed by atoms with Crippen molar-refractivity contribution >= 4 is 6.09 Å². The average molecular weight is 425 g/mol. The fourth-order valence-corrected chi connectivity index (χ4v) is 3.98. The number of carbonyl (C=O) groups is 1. The molecule has 2 aliphatic rings. The third kappa shape index (κ3) is 5.31. The molecule has 3 rings (SSSR count). The zero-order chi connectivity index (χ0) is 21.3. The first-order valence-corrected chi connectivity index (χ1v) is 9.19. The minimum absolute atomic E-state index is 0.0714. The standard InChI is InChI=1S/C18H21F6N3O2/c19-17(20,21)14(18(22,23)24)29-15(28)27-8-4-16(5-9-27)3-7-26(12-16)11-13-2-1-6-25-10-13/h1-2,6,10,14H,3-5,7-9,11-12H2. The first-order chi connectivity index (χ1) is 13.5. The summed E-state index contributed by atoms with van der Waals surface area (Å²) in [5.41, 5.74) is 0.975. The molecule has 5 nitrogen and oxygen atoms in total. The highest BCUT2D eigenvalue weighted by atomic mass is 19.4. The van der Waals surface area contributed by atoms with E-state index < -0.39 is 24.5 Å². The van der Waals surface area contributed by atoms with E-state index in [0.717, 1.165) is 36.5 Å². The van der Waals surface area contributed by atoms with E-state index in [1.54, 1.807) is 12.4 Å². The number of aromatic nitrogens is 1. The molecular formula is C18H21F6N3O2. The first-order valence-electron chi connectivity index (χ1n) is 9.19. The van der Waals surface area contributed by atoms with Crippen LogP contribution in [0.1, 0.15) is 24.8 Å². The van der Waals surface area contributed by atoms with Crippen LogP contribution >= 0.6 is 0 Å². The van der Waals surface area contributed by atoms with Gasteiger partial charge in [-0.15, -0.1) is 0 Å². The summed E-state index contributed by atoms with van der Waals surface area (Å²) in [7, 11) is 0. The van der Waals surface area contributed by atoms with Gasteiger partial charge < -0.3 is 9.64 Å². The molecule has 0 atom stereocenters. The normalized spacial score (nSPS) is 20.4. The molecule has 2 aliphatic heterocycles. The summed E-state index contributed by atoms with van der Waals surface area (Å²) in [6.45, 7) is 2.46. The van der Waals surface area contributed by atoms with Crippen LogP contribution in [0, 0.1) is 5.41 Å². The molecule has 3 heterocycles. The highest BCUT2D eigenvalue weighted by Crippen LogP contribution is 2.41. The van der Waals surface area contributed by atoms with E-state index in [1.807, 2.05) is 12.1 Å². The van der Waals surface area contributed by atoms with Crippen LogP contribution in [-0.4, -0.2) is 65.5 Å². The van der Waals surface area contributed by atoms with E-state index >= 15 is 0 Å². The first kappa shape index (κ1) is 21.7. The molecule has 2 fully saturated rings. The Labute approximate surface area is 163 Å². The lowest BCUT2D eigenvalue weighted by atomic mass is 9.78. The van der Waals surface area contributed by atoms with Gasteiger partial charge >= 0.3 is 18.4 Å². The molecule has 1 amide bonds. The van der Waals surface area contributed by atoms with Crippen molar-refractivity contribution in [3.05, 3.63) is 30.1 Å². The second kappa shape index (κ2) is 8.00. The van der Waals surface area contributed by atoms with Crippen molar-refractivity contribution in [2.45, 2.75) is 44.3 Å². The second-order valence-corrected chi connectivity index (χ2v) is 7.66. The minimum atomic E-state index is -5.71. The van der Waals surface area contributed by atoms with Crippen molar-refractivity contribution in [1.29, 1.82) is 0 Å². The van der Waals surface area contributed by atoms with Crippen molar-refractivity contribution in [2.24, 2.45) is 5.41 Å². The van der Waals surface area contributed by atoms with Gasteiger partial charge in [-0.1, -0.05) is 6.07 Å². The van der Waals surface area contributed by atoms with Gasteiger partial charge in [0.05, 0.1) is 0 Å². The summed E-state index contributed by atoms with van der Waals surface area (Å²) in [5, 5.41) is 0. The summed E-state index contributed by atoms with van der Waals surface area (Å²) in [4.78, 5) is 19.1. The predicted octanol–water partition coefficient (Wildman–Crippen LogP) is 4.00. The Morgan fingerprint density at radius 2 is 1.72 bits per heavy atom. The quantitative estimate of drug-likeness (QED) is 0.687. The van der Waals surface area contributed by atoms with E-state index in [1.165, 1.54) is 0 Å². The van der Waals surface area contributed by atoms with E-state index in [0.29, 0.717) is 12.8 Å². The van der Waals surface area contributed by atoms with Crippen LogP contribution in [0.3, 0.4) is 0 Å².